The lowest BCUT2D eigenvalue weighted by molar-refractivity contribution is -0.116. The molecule has 26 heavy (non-hydrogen) atoms. The van der Waals surface area contributed by atoms with Gasteiger partial charge in [0, 0.05) is 36.7 Å². The van der Waals surface area contributed by atoms with E-state index in [1.165, 1.54) is 0 Å². The van der Waals surface area contributed by atoms with Crippen LogP contribution in [0.25, 0.3) is 11.3 Å². The summed E-state index contributed by atoms with van der Waals surface area (Å²) in [5.41, 5.74) is 2.01. The van der Waals surface area contributed by atoms with E-state index in [0.717, 1.165) is 5.56 Å². The van der Waals surface area contributed by atoms with Crippen molar-refractivity contribution in [3.63, 3.8) is 0 Å². The van der Waals surface area contributed by atoms with Crippen molar-refractivity contribution < 1.29 is 14.0 Å². The highest BCUT2D eigenvalue weighted by molar-refractivity contribution is 5.97. The number of nitrogens with zero attached hydrogens (tertiary/aromatic N) is 1. The fourth-order valence-corrected chi connectivity index (χ4v) is 2.49. The molecule has 3 rings (SSSR count). The van der Waals surface area contributed by atoms with E-state index in [9.17, 15) is 9.59 Å². The molecule has 2 aromatic carbocycles. The van der Waals surface area contributed by atoms with Crippen LogP contribution in [0.15, 0.2) is 65.2 Å². The van der Waals surface area contributed by atoms with Gasteiger partial charge in [-0.3, -0.25) is 9.59 Å². The monoisotopic (exact) mass is 349 g/mol. The summed E-state index contributed by atoms with van der Waals surface area (Å²) in [5.74, 6) is 0.824. The molecule has 0 radical (unpaired) electrons. The van der Waals surface area contributed by atoms with Gasteiger partial charge in [0.2, 0.25) is 5.91 Å². The molecular weight excluding hydrogens is 330 g/mol. The van der Waals surface area contributed by atoms with Crippen LogP contribution < -0.4 is 10.6 Å². The van der Waals surface area contributed by atoms with E-state index in [0.29, 0.717) is 29.3 Å². The fourth-order valence-electron chi connectivity index (χ4n) is 2.49. The Labute approximate surface area is 151 Å². The zero-order valence-electron chi connectivity index (χ0n) is 14.4. The highest BCUT2D eigenvalue weighted by atomic mass is 16.4. The maximum absolute atomic E-state index is 12.1. The van der Waals surface area contributed by atoms with Gasteiger partial charge in [0.25, 0.3) is 5.91 Å². The Hall–Kier alpha value is -3.41. The molecule has 6 heteroatoms. The lowest BCUT2D eigenvalue weighted by Gasteiger charge is -2.06. The first-order valence-electron chi connectivity index (χ1n) is 8.28. The number of benzene rings is 2. The fraction of sp³-hybridized carbons (Fsp3) is 0.150. The van der Waals surface area contributed by atoms with E-state index in [-0.39, 0.29) is 18.2 Å². The number of nitrogens with one attached hydrogen (secondary N) is 2. The van der Waals surface area contributed by atoms with Gasteiger partial charge < -0.3 is 15.1 Å². The lowest BCUT2D eigenvalue weighted by atomic mass is 10.2. The minimum absolute atomic E-state index is 0.168. The zero-order chi connectivity index (χ0) is 18.4. The first-order valence-corrected chi connectivity index (χ1v) is 8.28. The number of amides is 2. The lowest BCUT2D eigenvalue weighted by Crippen LogP contribution is -2.18. The maximum atomic E-state index is 12.1. The second-order valence-corrected chi connectivity index (χ2v) is 5.69. The minimum Gasteiger partial charge on any atom is -0.441 e. The third-order valence-electron chi connectivity index (χ3n) is 3.81. The Kier molecular flexibility index (Phi) is 5.43. The number of anilines is 1. The molecule has 1 aromatic heterocycles. The number of aromatic nitrogens is 1. The van der Waals surface area contributed by atoms with Gasteiger partial charge in [0.1, 0.15) is 0 Å². The molecule has 0 atom stereocenters. The van der Waals surface area contributed by atoms with Crippen LogP contribution >= 0.6 is 0 Å². The molecule has 0 saturated carbocycles. The first kappa shape index (κ1) is 17.4. The average molecular weight is 349 g/mol. The van der Waals surface area contributed by atoms with Crippen molar-refractivity contribution in [3.8, 4) is 11.3 Å². The summed E-state index contributed by atoms with van der Waals surface area (Å²) in [6.07, 6.45) is 2.29. The molecule has 6 nitrogen and oxygen atoms in total. The smallest absolute Gasteiger partial charge is 0.251 e. The first-order chi connectivity index (χ1) is 12.7. The molecule has 0 aliphatic carbocycles. The van der Waals surface area contributed by atoms with Crippen molar-refractivity contribution in [1.82, 2.24) is 10.3 Å². The summed E-state index contributed by atoms with van der Waals surface area (Å²) in [6.45, 7) is 0. The molecule has 0 bridgehead atoms. The topological polar surface area (TPSA) is 84.2 Å². The van der Waals surface area contributed by atoms with Gasteiger partial charge in [-0.25, -0.2) is 4.98 Å². The number of hydrogen-bond donors (Lipinski definition) is 2. The van der Waals surface area contributed by atoms with E-state index < -0.39 is 0 Å². The third-order valence-corrected chi connectivity index (χ3v) is 3.81. The summed E-state index contributed by atoms with van der Waals surface area (Å²) in [5, 5.41) is 5.33. The number of aryl methyl sites for hydroxylation is 1. The standard InChI is InChI=1S/C20H19N3O3/c1-21-20(25)15-8-5-9-16(12-15)23-18(24)10-11-19-22-13-17(26-19)14-6-3-2-4-7-14/h2-9,12-13H,10-11H2,1H3,(H,21,25)(H,23,24). The largest absolute Gasteiger partial charge is 0.441 e. The molecule has 2 amide bonds. The number of oxazole rings is 1. The Morgan fingerprint density at radius 1 is 1.08 bits per heavy atom. The quantitative estimate of drug-likeness (QED) is 0.715. The normalized spacial score (nSPS) is 10.3. The summed E-state index contributed by atoms with van der Waals surface area (Å²) in [7, 11) is 1.56. The van der Waals surface area contributed by atoms with Gasteiger partial charge >= 0.3 is 0 Å². The molecule has 0 fully saturated rings. The SMILES string of the molecule is CNC(=O)c1cccc(NC(=O)CCc2ncc(-c3ccccc3)o2)c1. The molecule has 0 saturated heterocycles. The van der Waals surface area contributed by atoms with Crippen molar-refractivity contribution in [2.75, 3.05) is 12.4 Å². The molecule has 0 unspecified atom stereocenters. The van der Waals surface area contributed by atoms with Gasteiger partial charge in [-0.05, 0) is 18.2 Å². The van der Waals surface area contributed by atoms with Gasteiger partial charge in [0.05, 0.1) is 6.20 Å². The van der Waals surface area contributed by atoms with Crippen LogP contribution in [0.2, 0.25) is 0 Å². The Morgan fingerprint density at radius 3 is 2.65 bits per heavy atom. The summed E-state index contributed by atoms with van der Waals surface area (Å²) >= 11 is 0. The highest BCUT2D eigenvalue weighted by Gasteiger charge is 2.10. The molecular formula is C20H19N3O3. The molecule has 3 aromatic rings. The van der Waals surface area contributed by atoms with E-state index in [2.05, 4.69) is 15.6 Å². The minimum atomic E-state index is -0.200. The van der Waals surface area contributed by atoms with Crippen LogP contribution in [0.1, 0.15) is 22.7 Å². The average Bonchev–Trinajstić information content (AvgIpc) is 3.16. The van der Waals surface area contributed by atoms with Gasteiger partial charge in [-0.1, -0.05) is 36.4 Å². The van der Waals surface area contributed by atoms with Crippen molar-refractivity contribution in [3.05, 3.63) is 72.2 Å². The predicted octanol–water partition coefficient (Wildman–Crippen LogP) is 3.27. The van der Waals surface area contributed by atoms with E-state index in [4.69, 9.17) is 4.42 Å². The predicted molar refractivity (Wildman–Crippen MR) is 98.7 cm³/mol. The van der Waals surface area contributed by atoms with Gasteiger partial charge in [-0.2, -0.15) is 0 Å². The van der Waals surface area contributed by atoms with E-state index >= 15 is 0 Å². The third kappa shape index (κ3) is 4.36. The second kappa shape index (κ2) is 8.11. The van der Waals surface area contributed by atoms with Gasteiger partial charge in [-0.15, -0.1) is 0 Å². The number of carbonyl (C=O) groups is 2. The van der Waals surface area contributed by atoms with Crippen LogP contribution in [0.5, 0.6) is 0 Å². The van der Waals surface area contributed by atoms with Crippen molar-refractivity contribution >= 4 is 17.5 Å². The molecule has 0 aliphatic rings. The van der Waals surface area contributed by atoms with Crippen molar-refractivity contribution in [2.24, 2.45) is 0 Å². The zero-order valence-corrected chi connectivity index (χ0v) is 14.4. The van der Waals surface area contributed by atoms with Crippen LogP contribution in [0.3, 0.4) is 0 Å². The van der Waals surface area contributed by atoms with Crippen LogP contribution in [-0.4, -0.2) is 23.8 Å². The number of carbonyl (C=O) groups excluding carboxylic acids is 2. The van der Waals surface area contributed by atoms with Crippen molar-refractivity contribution in [2.45, 2.75) is 12.8 Å². The Morgan fingerprint density at radius 2 is 1.88 bits per heavy atom. The second-order valence-electron chi connectivity index (χ2n) is 5.69. The van der Waals surface area contributed by atoms with Crippen LogP contribution in [0, 0.1) is 0 Å². The molecule has 132 valence electrons. The Bertz CT molecular complexity index is 903. The van der Waals surface area contributed by atoms with Crippen LogP contribution in [0.4, 0.5) is 5.69 Å². The Balaban J connectivity index is 1.56. The summed E-state index contributed by atoms with van der Waals surface area (Å²) in [6, 6.07) is 16.5. The number of rotatable bonds is 6. The number of hydrogen-bond acceptors (Lipinski definition) is 4. The molecule has 1 heterocycles. The van der Waals surface area contributed by atoms with Gasteiger partial charge in [0.15, 0.2) is 11.7 Å². The van der Waals surface area contributed by atoms with E-state index in [1.54, 1.807) is 37.5 Å². The summed E-state index contributed by atoms with van der Waals surface area (Å²) in [4.78, 5) is 28.0. The molecule has 0 spiro atoms. The van der Waals surface area contributed by atoms with Crippen molar-refractivity contribution in [1.29, 1.82) is 0 Å². The molecule has 0 aliphatic heterocycles. The maximum Gasteiger partial charge on any atom is 0.251 e. The van der Waals surface area contributed by atoms with Crippen LogP contribution in [-0.2, 0) is 11.2 Å². The van der Waals surface area contributed by atoms with E-state index in [1.807, 2.05) is 30.3 Å². The summed E-state index contributed by atoms with van der Waals surface area (Å²) < 4.78 is 5.69. The molecule has 2 N–H and O–H groups in total. The highest BCUT2D eigenvalue weighted by Crippen LogP contribution is 2.20.